The van der Waals surface area contributed by atoms with Crippen molar-refractivity contribution in [3.05, 3.63) is 0 Å². The molecule has 0 bridgehead atoms. The second-order valence-corrected chi connectivity index (χ2v) is 5.01. The second-order valence-electron chi connectivity index (χ2n) is 5.01. The number of nitrogens with zero attached hydrogens (tertiary/aromatic N) is 1. The maximum absolute atomic E-state index is 5.49. The Hall–Kier alpha value is -0.160. The van der Waals surface area contributed by atoms with Crippen molar-refractivity contribution in [2.45, 2.75) is 25.4 Å². The Balaban J connectivity index is 1.53. The van der Waals surface area contributed by atoms with E-state index >= 15 is 0 Å². The van der Waals surface area contributed by atoms with Gasteiger partial charge in [0.25, 0.3) is 0 Å². The van der Waals surface area contributed by atoms with Crippen LogP contribution in [0.1, 0.15) is 19.3 Å². The Morgan fingerprint density at radius 1 is 1.19 bits per heavy atom. The van der Waals surface area contributed by atoms with E-state index < -0.39 is 0 Å². The summed E-state index contributed by atoms with van der Waals surface area (Å²) < 4.78 is 10.6. The Morgan fingerprint density at radius 3 is 2.69 bits per heavy atom. The fraction of sp³-hybridized carbons (Fsp3) is 1.00. The van der Waals surface area contributed by atoms with E-state index in [1.165, 1.54) is 25.9 Å². The number of ether oxygens (including phenoxy) is 2. The molecule has 2 saturated heterocycles. The zero-order valence-electron chi connectivity index (χ0n) is 10.3. The average molecular weight is 228 g/mol. The van der Waals surface area contributed by atoms with E-state index in [1.807, 2.05) is 0 Å². The lowest BCUT2D eigenvalue weighted by molar-refractivity contribution is -0.137. The molecule has 0 spiro atoms. The lowest BCUT2D eigenvalue weighted by Gasteiger charge is -2.30. The third kappa shape index (κ3) is 4.01. The van der Waals surface area contributed by atoms with Gasteiger partial charge in [-0.15, -0.1) is 0 Å². The Morgan fingerprint density at radius 2 is 2.00 bits per heavy atom. The molecule has 0 radical (unpaired) electrons. The minimum atomic E-state index is 0.361. The first kappa shape index (κ1) is 12.3. The van der Waals surface area contributed by atoms with Gasteiger partial charge in [0.2, 0.25) is 0 Å². The van der Waals surface area contributed by atoms with Crippen molar-refractivity contribution < 1.29 is 9.47 Å². The van der Waals surface area contributed by atoms with Gasteiger partial charge >= 0.3 is 0 Å². The summed E-state index contributed by atoms with van der Waals surface area (Å²) in [5.74, 6) is 0.857. The Kier molecular flexibility index (Phi) is 5.03. The standard InChI is InChI=1S/C12H24N2O2/c1-14-5-2-11(3-6-14)8-13-9-12-4-7-15-10-16-12/h11-13H,2-10H2,1H3. The summed E-state index contributed by atoms with van der Waals surface area (Å²) in [4.78, 5) is 2.41. The predicted molar refractivity (Wildman–Crippen MR) is 63.4 cm³/mol. The summed E-state index contributed by atoms with van der Waals surface area (Å²) in [7, 11) is 2.21. The van der Waals surface area contributed by atoms with Crippen molar-refractivity contribution in [3.8, 4) is 0 Å². The molecule has 2 aliphatic heterocycles. The van der Waals surface area contributed by atoms with Crippen LogP contribution in [0.2, 0.25) is 0 Å². The molecule has 1 atom stereocenters. The fourth-order valence-electron chi connectivity index (χ4n) is 2.38. The fourth-order valence-corrected chi connectivity index (χ4v) is 2.38. The van der Waals surface area contributed by atoms with E-state index in [-0.39, 0.29) is 0 Å². The first-order valence-corrected chi connectivity index (χ1v) is 6.43. The summed E-state index contributed by atoms with van der Waals surface area (Å²) in [5.41, 5.74) is 0. The van der Waals surface area contributed by atoms with Crippen molar-refractivity contribution in [3.63, 3.8) is 0 Å². The molecule has 2 heterocycles. The van der Waals surface area contributed by atoms with Crippen LogP contribution in [0.25, 0.3) is 0 Å². The van der Waals surface area contributed by atoms with Crippen LogP contribution in [0.3, 0.4) is 0 Å². The van der Waals surface area contributed by atoms with Gasteiger partial charge in [0, 0.05) is 6.54 Å². The summed E-state index contributed by atoms with van der Waals surface area (Å²) in [6.07, 6.45) is 4.05. The molecule has 0 saturated carbocycles. The van der Waals surface area contributed by atoms with Gasteiger partial charge in [-0.3, -0.25) is 0 Å². The third-order valence-corrected chi connectivity index (χ3v) is 3.61. The van der Waals surface area contributed by atoms with Crippen molar-refractivity contribution >= 4 is 0 Å². The SMILES string of the molecule is CN1CCC(CNCC2CCOCO2)CC1. The van der Waals surface area contributed by atoms with Crippen molar-refractivity contribution in [1.29, 1.82) is 0 Å². The van der Waals surface area contributed by atoms with E-state index in [4.69, 9.17) is 9.47 Å². The Labute approximate surface area is 98.3 Å². The summed E-state index contributed by atoms with van der Waals surface area (Å²) in [6.45, 7) is 5.95. The molecule has 0 aromatic heterocycles. The average Bonchev–Trinajstić information content (AvgIpc) is 2.33. The first-order chi connectivity index (χ1) is 7.84. The number of piperidine rings is 1. The lowest BCUT2D eigenvalue weighted by atomic mass is 9.97. The van der Waals surface area contributed by atoms with Crippen LogP contribution in [-0.4, -0.2) is 57.6 Å². The molecule has 4 nitrogen and oxygen atoms in total. The zero-order valence-corrected chi connectivity index (χ0v) is 10.3. The van der Waals surface area contributed by atoms with Gasteiger partial charge in [-0.1, -0.05) is 0 Å². The van der Waals surface area contributed by atoms with E-state index in [9.17, 15) is 0 Å². The zero-order chi connectivity index (χ0) is 11.2. The van der Waals surface area contributed by atoms with Crippen LogP contribution in [0, 0.1) is 5.92 Å². The predicted octanol–water partition coefficient (Wildman–Crippen LogP) is 0.681. The van der Waals surface area contributed by atoms with Gasteiger partial charge in [-0.25, -0.2) is 0 Å². The highest BCUT2D eigenvalue weighted by molar-refractivity contribution is 4.73. The summed E-state index contributed by atoms with van der Waals surface area (Å²) in [5, 5.41) is 3.54. The van der Waals surface area contributed by atoms with E-state index in [0.29, 0.717) is 12.9 Å². The van der Waals surface area contributed by atoms with Gasteiger partial charge in [0.05, 0.1) is 12.7 Å². The highest BCUT2D eigenvalue weighted by Gasteiger charge is 2.18. The van der Waals surface area contributed by atoms with Gasteiger partial charge < -0.3 is 19.7 Å². The van der Waals surface area contributed by atoms with Gasteiger partial charge in [0.15, 0.2) is 0 Å². The van der Waals surface area contributed by atoms with Crippen molar-refractivity contribution in [1.82, 2.24) is 10.2 Å². The minimum absolute atomic E-state index is 0.361. The molecule has 0 aromatic rings. The topological polar surface area (TPSA) is 33.7 Å². The van der Waals surface area contributed by atoms with Gasteiger partial charge in [-0.2, -0.15) is 0 Å². The summed E-state index contributed by atoms with van der Waals surface area (Å²) in [6, 6.07) is 0. The van der Waals surface area contributed by atoms with Crippen LogP contribution >= 0.6 is 0 Å². The highest BCUT2D eigenvalue weighted by atomic mass is 16.7. The minimum Gasteiger partial charge on any atom is -0.355 e. The molecule has 1 unspecified atom stereocenters. The van der Waals surface area contributed by atoms with Crippen LogP contribution < -0.4 is 5.32 Å². The third-order valence-electron chi connectivity index (χ3n) is 3.61. The van der Waals surface area contributed by atoms with Gasteiger partial charge in [0.1, 0.15) is 6.79 Å². The molecular formula is C12H24N2O2. The lowest BCUT2D eigenvalue weighted by Crippen LogP contribution is -2.39. The number of rotatable bonds is 4. The largest absolute Gasteiger partial charge is 0.355 e. The van der Waals surface area contributed by atoms with Crippen LogP contribution in [-0.2, 0) is 9.47 Å². The van der Waals surface area contributed by atoms with Crippen molar-refractivity contribution in [2.75, 3.05) is 46.6 Å². The first-order valence-electron chi connectivity index (χ1n) is 6.43. The molecule has 2 fully saturated rings. The molecule has 0 aliphatic carbocycles. The molecular weight excluding hydrogens is 204 g/mol. The van der Waals surface area contributed by atoms with Crippen LogP contribution in [0.15, 0.2) is 0 Å². The summed E-state index contributed by atoms with van der Waals surface area (Å²) >= 11 is 0. The number of hydrogen-bond donors (Lipinski definition) is 1. The van der Waals surface area contributed by atoms with Crippen LogP contribution in [0.5, 0.6) is 0 Å². The van der Waals surface area contributed by atoms with E-state index in [1.54, 1.807) is 0 Å². The number of likely N-dealkylation sites (tertiary alicyclic amines) is 1. The maximum atomic E-state index is 5.49. The second kappa shape index (κ2) is 6.55. The van der Waals surface area contributed by atoms with Crippen molar-refractivity contribution in [2.24, 2.45) is 5.92 Å². The monoisotopic (exact) mass is 228 g/mol. The molecule has 0 aromatic carbocycles. The highest BCUT2D eigenvalue weighted by Crippen LogP contribution is 2.14. The molecule has 0 amide bonds. The quantitative estimate of drug-likeness (QED) is 0.767. The molecule has 2 rings (SSSR count). The normalized spacial score (nSPS) is 29.4. The van der Waals surface area contributed by atoms with Crippen LogP contribution in [0.4, 0.5) is 0 Å². The van der Waals surface area contributed by atoms with E-state index in [0.717, 1.165) is 32.0 Å². The smallest absolute Gasteiger partial charge is 0.147 e. The molecule has 1 N–H and O–H groups in total. The molecule has 4 heteroatoms. The van der Waals surface area contributed by atoms with Gasteiger partial charge in [-0.05, 0) is 51.9 Å². The maximum Gasteiger partial charge on any atom is 0.147 e. The molecule has 16 heavy (non-hydrogen) atoms. The Bertz CT molecular complexity index is 187. The number of hydrogen-bond acceptors (Lipinski definition) is 4. The number of nitrogens with one attached hydrogen (secondary N) is 1. The van der Waals surface area contributed by atoms with E-state index in [2.05, 4.69) is 17.3 Å². The molecule has 94 valence electrons. The molecule has 2 aliphatic rings.